The molecule has 0 aliphatic rings. The quantitative estimate of drug-likeness (QED) is 0.623. The molecule has 1 aromatic rings. The van der Waals surface area contributed by atoms with E-state index in [9.17, 15) is 0 Å². The molecule has 1 radical (unpaired) electrons. The van der Waals surface area contributed by atoms with Gasteiger partial charge in [0.15, 0.2) is 0 Å². The molecule has 0 aliphatic heterocycles. The largest absolute Gasteiger partial charge is 0.301 e. The lowest BCUT2D eigenvalue weighted by Crippen LogP contribution is -1.93. The Morgan fingerprint density at radius 2 is 1.85 bits per heavy atom. The molecular weight excluding hydrogens is 158 g/mol. The molecule has 0 saturated heterocycles. The minimum Gasteiger partial charge on any atom is -0.301 e. The van der Waals surface area contributed by atoms with Gasteiger partial charge in [-0.2, -0.15) is 0 Å². The number of hydrogen-bond acceptors (Lipinski definition) is 0. The zero-order chi connectivity index (χ0) is 9.68. The van der Waals surface area contributed by atoms with Crippen LogP contribution in [-0.4, -0.2) is 0 Å². The van der Waals surface area contributed by atoms with Crippen LogP contribution >= 0.6 is 0 Å². The third-order valence-electron chi connectivity index (χ3n) is 1.99. The summed E-state index contributed by atoms with van der Waals surface area (Å²) in [6, 6.07) is 5.76. The normalized spacial score (nSPS) is 9.54. The Balaban J connectivity index is 3.08. The summed E-state index contributed by atoms with van der Waals surface area (Å²) < 4.78 is 0. The van der Waals surface area contributed by atoms with Crippen molar-refractivity contribution >= 4 is 5.69 Å². The number of benzene rings is 1. The Morgan fingerprint density at radius 1 is 1.15 bits per heavy atom. The van der Waals surface area contributed by atoms with Crippen LogP contribution in [0.4, 0.5) is 5.69 Å². The van der Waals surface area contributed by atoms with Gasteiger partial charge in [-0.25, -0.2) is 0 Å². The van der Waals surface area contributed by atoms with Crippen molar-refractivity contribution in [3.05, 3.63) is 54.6 Å². The standard InChI is InChI=1S/C12H14N/c1-3-6-10-8-5-9-12(13)11(10)7-4-2/h3-5,8-9,13H,1-2,6-7H2. The van der Waals surface area contributed by atoms with Gasteiger partial charge in [0.05, 0.1) is 5.69 Å². The van der Waals surface area contributed by atoms with Crippen LogP contribution < -0.4 is 5.73 Å². The Bertz CT molecular complexity index is 313. The summed E-state index contributed by atoms with van der Waals surface area (Å²) in [4.78, 5) is 0. The van der Waals surface area contributed by atoms with Crippen molar-refractivity contribution in [2.24, 2.45) is 0 Å². The highest BCUT2D eigenvalue weighted by Crippen LogP contribution is 2.19. The number of rotatable bonds is 4. The van der Waals surface area contributed by atoms with Crippen LogP contribution in [0, 0.1) is 0 Å². The third-order valence-corrected chi connectivity index (χ3v) is 1.99. The lowest BCUT2D eigenvalue weighted by Gasteiger charge is -2.07. The highest BCUT2D eigenvalue weighted by molar-refractivity contribution is 5.49. The van der Waals surface area contributed by atoms with Gasteiger partial charge in [-0.05, 0) is 30.0 Å². The topological polar surface area (TPSA) is 23.8 Å². The van der Waals surface area contributed by atoms with Gasteiger partial charge in [0, 0.05) is 0 Å². The molecule has 1 N–H and O–H groups in total. The molecule has 0 aliphatic carbocycles. The molecule has 0 atom stereocenters. The van der Waals surface area contributed by atoms with Gasteiger partial charge in [0.25, 0.3) is 0 Å². The maximum atomic E-state index is 7.71. The lowest BCUT2D eigenvalue weighted by atomic mass is 10.00. The fourth-order valence-corrected chi connectivity index (χ4v) is 1.37. The summed E-state index contributed by atoms with van der Waals surface area (Å²) in [7, 11) is 0. The monoisotopic (exact) mass is 172 g/mol. The van der Waals surface area contributed by atoms with E-state index in [2.05, 4.69) is 13.2 Å². The summed E-state index contributed by atoms with van der Waals surface area (Å²) in [6.07, 6.45) is 5.29. The molecule has 0 bridgehead atoms. The van der Waals surface area contributed by atoms with E-state index in [1.807, 2.05) is 30.4 Å². The van der Waals surface area contributed by atoms with Crippen molar-refractivity contribution in [2.45, 2.75) is 12.8 Å². The SMILES string of the molecule is C=CCc1cccc([NH])c1CC=C. The maximum absolute atomic E-state index is 7.71. The van der Waals surface area contributed by atoms with Crippen molar-refractivity contribution in [3.8, 4) is 0 Å². The van der Waals surface area contributed by atoms with E-state index < -0.39 is 0 Å². The Hall–Kier alpha value is -1.50. The van der Waals surface area contributed by atoms with Gasteiger partial charge in [0.2, 0.25) is 0 Å². The number of hydrogen-bond donors (Lipinski definition) is 0. The molecule has 0 amide bonds. The van der Waals surface area contributed by atoms with E-state index in [4.69, 9.17) is 5.73 Å². The van der Waals surface area contributed by atoms with Crippen molar-refractivity contribution < 1.29 is 0 Å². The van der Waals surface area contributed by atoms with E-state index >= 15 is 0 Å². The van der Waals surface area contributed by atoms with Gasteiger partial charge >= 0.3 is 0 Å². The molecule has 0 aromatic heterocycles. The van der Waals surface area contributed by atoms with Crippen LogP contribution in [0.15, 0.2) is 43.5 Å². The molecule has 0 fully saturated rings. The molecule has 1 aromatic carbocycles. The molecule has 0 spiro atoms. The second-order valence-corrected chi connectivity index (χ2v) is 2.93. The Labute approximate surface area is 79.6 Å². The Kier molecular flexibility index (Phi) is 3.32. The molecule has 67 valence electrons. The summed E-state index contributed by atoms with van der Waals surface area (Å²) in [5.74, 6) is 0. The summed E-state index contributed by atoms with van der Waals surface area (Å²) in [5, 5.41) is 0. The van der Waals surface area contributed by atoms with Crippen LogP contribution in [0.5, 0.6) is 0 Å². The van der Waals surface area contributed by atoms with Gasteiger partial charge in [-0.15, -0.1) is 13.2 Å². The van der Waals surface area contributed by atoms with Gasteiger partial charge in [-0.3, -0.25) is 0 Å². The van der Waals surface area contributed by atoms with E-state index in [1.165, 1.54) is 5.56 Å². The van der Waals surface area contributed by atoms with Crippen molar-refractivity contribution in [1.29, 1.82) is 0 Å². The molecule has 0 unspecified atom stereocenters. The van der Waals surface area contributed by atoms with Crippen molar-refractivity contribution in [1.82, 2.24) is 5.73 Å². The molecule has 1 heteroatoms. The molecule has 0 saturated carbocycles. The smallest absolute Gasteiger partial charge is 0.0577 e. The van der Waals surface area contributed by atoms with Crippen molar-refractivity contribution in [3.63, 3.8) is 0 Å². The van der Waals surface area contributed by atoms with Crippen molar-refractivity contribution in [2.75, 3.05) is 0 Å². The van der Waals surface area contributed by atoms with Crippen LogP contribution in [0.3, 0.4) is 0 Å². The summed E-state index contributed by atoms with van der Waals surface area (Å²) >= 11 is 0. The van der Waals surface area contributed by atoms with E-state index in [0.29, 0.717) is 5.69 Å². The predicted molar refractivity (Wildman–Crippen MR) is 57.0 cm³/mol. The molecular formula is C12H14N. The van der Waals surface area contributed by atoms with Gasteiger partial charge < -0.3 is 5.73 Å². The first-order valence-corrected chi connectivity index (χ1v) is 4.33. The lowest BCUT2D eigenvalue weighted by molar-refractivity contribution is 1.14. The number of nitrogens with one attached hydrogen (secondary N) is 1. The van der Waals surface area contributed by atoms with Gasteiger partial charge in [-0.1, -0.05) is 24.3 Å². The minimum atomic E-state index is 0.597. The molecule has 1 nitrogen and oxygen atoms in total. The van der Waals surface area contributed by atoms with Crippen LogP contribution in [0.2, 0.25) is 0 Å². The first kappa shape index (κ1) is 9.59. The van der Waals surface area contributed by atoms with Gasteiger partial charge in [0.1, 0.15) is 0 Å². The summed E-state index contributed by atoms with van der Waals surface area (Å²) in [6.45, 7) is 7.39. The maximum Gasteiger partial charge on any atom is 0.0577 e. The third kappa shape index (κ3) is 2.22. The molecule has 1 rings (SSSR count). The van der Waals surface area contributed by atoms with E-state index in [1.54, 1.807) is 0 Å². The zero-order valence-electron chi connectivity index (χ0n) is 7.72. The fourth-order valence-electron chi connectivity index (χ4n) is 1.37. The van der Waals surface area contributed by atoms with Crippen LogP contribution in [-0.2, 0) is 12.8 Å². The van der Waals surface area contributed by atoms with E-state index in [0.717, 1.165) is 18.4 Å². The zero-order valence-corrected chi connectivity index (χ0v) is 7.72. The fraction of sp³-hybridized carbons (Fsp3) is 0.167. The first-order chi connectivity index (χ1) is 6.29. The number of allylic oxidation sites excluding steroid dienone is 2. The molecule has 0 heterocycles. The first-order valence-electron chi connectivity index (χ1n) is 4.33. The average molecular weight is 172 g/mol. The Morgan fingerprint density at radius 3 is 2.46 bits per heavy atom. The average Bonchev–Trinajstić information content (AvgIpc) is 2.11. The summed E-state index contributed by atoms with van der Waals surface area (Å²) in [5.41, 5.74) is 10.6. The van der Waals surface area contributed by atoms with Crippen LogP contribution in [0.25, 0.3) is 0 Å². The highest BCUT2D eigenvalue weighted by atomic mass is 14.6. The van der Waals surface area contributed by atoms with E-state index in [-0.39, 0.29) is 0 Å². The second kappa shape index (κ2) is 4.51. The van der Waals surface area contributed by atoms with Crippen LogP contribution in [0.1, 0.15) is 11.1 Å². The predicted octanol–water partition coefficient (Wildman–Crippen LogP) is 3.06. The minimum absolute atomic E-state index is 0.597. The highest BCUT2D eigenvalue weighted by Gasteiger charge is 2.02. The molecule has 13 heavy (non-hydrogen) atoms. The second-order valence-electron chi connectivity index (χ2n) is 2.93.